The van der Waals surface area contributed by atoms with Crippen LogP contribution in [0.25, 0.3) is 0 Å². The molecule has 4 heteroatoms. The van der Waals surface area contributed by atoms with Crippen LogP contribution in [0.2, 0.25) is 0 Å². The van der Waals surface area contributed by atoms with Gasteiger partial charge in [-0.05, 0) is 42.0 Å². The van der Waals surface area contributed by atoms with Crippen molar-refractivity contribution in [3.63, 3.8) is 0 Å². The smallest absolute Gasteiger partial charge is 0.247 e. The molecule has 0 saturated heterocycles. The SMILES string of the molecule is O=C(NO)C1CCCC1c1ccc(OCc2ccccc2)cc1. The fraction of sp³-hybridized carbons (Fsp3) is 0.316. The van der Waals surface area contributed by atoms with Gasteiger partial charge in [0.05, 0.1) is 0 Å². The van der Waals surface area contributed by atoms with Crippen LogP contribution in [0.3, 0.4) is 0 Å². The fourth-order valence-electron chi connectivity index (χ4n) is 3.31. The molecule has 120 valence electrons. The van der Waals surface area contributed by atoms with E-state index in [9.17, 15) is 4.79 Å². The lowest BCUT2D eigenvalue weighted by Gasteiger charge is -2.18. The van der Waals surface area contributed by atoms with Crippen molar-refractivity contribution in [3.05, 3.63) is 65.7 Å². The Morgan fingerprint density at radius 1 is 1.09 bits per heavy atom. The van der Waals surface area contributed by atoms with Crippen LogP contribution in [-0.2, 0) is 11.4 Å². The molecule has 2 N–H and O–H groups in total. The first-order valence-electron chi connectivity index (χ1n) is 7.98. The third-order valence-electron chi connectivity index (χ3n) is 4.52. The molecule has 0 heterocycles. The minimum atomic E-state index is -0.281. The van der Waals surface area contributed by atoms with Crippen molar-refractivity contribution in [2.75, 3.05) is 0 Å². The van der Waals surface area contributed by atoms with Gasteiger partial charge in [-0.15, -0.1) is 0 Å². The Kier molecular flexibility index (Phi) is 4.93. The predicted octanol–water partition coefficient (Wildman–Crippen LogP) is 3.65. The molecule has 0 radical (unpaired) electrons. The number of nitrogens with one attached hydrogen (secondary N) is 1. The minimum absolute atomic E-state index is 0.143. The molecule has 0 spiro atoms. The lowest BCUT2D eigenvalue weighted by Crippen LogP contribution is -2.29. The van der Waals surface area contributed by atoms with Crippen molar-refractivity contribution in [2.45, 2.75) is 31.8 Å². The zero-order valence-electron chi connectivity index (χ0n) is 12.9. The van der Waals surface area contributed by atoms with Gasteiger partial charge in [0, 0.05) is 5.92 Å². The second-order valence-electron chi connectivity index (χ2n) is 5.96. The van der Waals surface area contributed by atoms with E-state index in [1.54, 1.807) is 5.48 Å². The molecule has 3 rings (SSSR count). The predicted molar refractivity (Wildman–Crippen MR) is 87.2 cm³/mol. The first-order chi connectivity index (χ1) is 11.3. The third kappa shape index (κ3) is 3.71. The third-order valence-corrected chi connectivity index (χ3v) is 4.52. The molecule has 2 atom stereocenters. The van der Waals surface area contributed by atoms with Crippen LogP contribution >= 0.6 is 0 Å². The normalized spacial score (nSPS) is 20.2. The Morgan fingerprint density at radius 2 is 1.83 bits per heavy atom. The zero-order chi connectivity index (χ0) is 16.1. The number of amides is 1. The second-order valence-corrected chi connectivity index (χ2v) is 5.96. The van der Waals surface area contributed by atoms with E-state index < -0.39 is 0 Å². The van der Waals surface area contributed by atoms with Gasteiger partial charge in [0.2, 0.25) is 5.91 Å². The van der Waals surface area contributed by atoms with Gasteiger partial charge in [0.25, 0.3) is 0 Å². The summed E-state index contributed by atoms with van der Waals surface area (Å²) in [5.74, 6) is 0.567. The summed E-state index contributed by atoms with van der Waals surface area (Å²) in [6.07, 6.45) is 2.81. The van der Waals surface area contributed by atoms with Crippen LogP contribution in [-0.4, -0.2) is 11.1 Å². The largest absolute Gasteiger partial charge is 0.489 e. The van der Waals surface area contributed by atoms with Crippen LogP contribution < -0.4 is 10.2 Å². The summed E-state index contributed by atoms with van der Waals surface area (Å²) >= 11 is 0. The fourth-order valence-corrected chi connectivity index (χ4v) is 3.31. The quantitative estimate of drug-likeness (QED) is 0.654. The van der Waals surface area contributed by atoms with Gasteiger partial charge in [-0.1, -0.05) is 48.9 Å². The van der Waals surface area contributed by atoms with Gasteiger partial charge in [-0.3, -0.25) is 10.0 Å². The first-order valence-corrected chi connectivity index (χ1v) is 7.98. The van der Waals surface area contributed by atoms with Crippen molar-refractivity contribution in [1.29, 1.82) is 0 Å². The van der Waals surface area contributed by atoms with Crippen molar-refractivity contribution in [3.8, 4) is 5.75 Å². The van der Waals surface area contributed by atoms with Gasteiger partial charge in [-0.25, -0.2) is 5.48 Å². The Balaban J connectivity index is 1.64. The van der Waals surface area contributed by atoms with E-state index in [1.165, 1.54) is 0 Å². The number of ether oxygens (including phenoxy) is 1. The first kappa shape index (κ1) is 15.6. The lowest BCUT2D eigenvalue weighted by atomic mass is 9.88. The molecule has 1 amide bonds. The number of hydrogen-bond donors (Lipinski definition) is 2. The van der Waals surface area contributed by atoms with E-state index in [0.717, 1.165) is 36.1 Å². The maximum atomic E-state index is 11.7. The summed E-state index contributed by atoms with van der Waals surface area (Å²) in [5.41, 5.74) is 4.05. The molecule has 4 nitrogen and oxygen atoms in total. The van der Waals surface area contributed by atoms with E-state index in [0.29, 0.717) is 6.61 Å². The highest BCUT2D eigenvalue weighted by molar-refractivity contribution is 5.78. The van der Waals surface area contributed by atoms with E-state index in [4.69, 9.17) is 9.94 Å². The van der Waals surface area contributed by atoms with Crippen LogP contribution in [0.1, 0.15) is 36.3 Å². The summed E-state index contributed by atoms with van der Waals surface area (Å²) in [7, 11) is 0. The molecule has 1 aliphatic carbocycles. The highest BCUT2D eigenvalue weighted by Crippen LogP contribution is 2.40. The topological polar surface area (TPSA) is 58.6 Å². The van der Waals surface area contributed by atoms with Gasteiger partial charge in [0.15, 0.2) is 0 Å². The van der Waals surface area contributed by atoms with Crippen LogP contribution in [0.4, 0.5) is 0 Å². The van der Waals surface area contributed by atoms with Crippen molar-refractivity contribution >= 4 is 5.91 Å². The van der Waals surface area contributed by atoms with Gasteiger partial charge < -0.3 is 4.74 Å². The van der Waals surface area contributed by atoms with E-state index in [1.807, 2.05) is 54.6 Å². The average Bonchev–Trinajstić information content (AvgIpc) is 3.10. The molecule has 1 saturated carbocycles. The molecular formula is C19H21NO3. The van der Waals surface area contributed by atoms with E-state index in [-0.39, 0.29) is 17.7 Å². The summed E-state index contributed by atoms with van der Waals surface area (Å²) in [5, 5.41) is 8.86. The lowest BCUT2D eigenvalue weighted by molar-refractivity contribution is -0.133. The number of carbonyl (C=O) groups excluding carboxylic acids is 1. The highest BCUT2D eigenvalue weighted by Gasteiger charge is 2.33. The number of benzene rings is 2. The second kappa shape index (κ2) is 7.29. The van der Waals surface area contributed by atoms with Crippen molar-refractivity contribution in [2.24, 2.45) is 5.92 Å². The van der Waals surface area contributed by atoms with Crippen LogP contribution in [0.15, 0.2) is 54.6 Å². The van der Waals surface area contributed by atoms with E-state index in [2.05, 4.69) is 0 Å². The standard InChI is InChI=1S/C19H21NO3/c21-19(20-22)18-8-4-7-17(18)15-9-11-16(12-10-15)23-13-14-5-2-1-3-6-14/h1-3,5-6,9-12,17-18,22H,4,7-8,13H2,(H,20,21). The number of hydrogen-bond acceptors (Lipinski definition) is 3. The van der Waals surface area contributed by atoms with Gasteiger partial charge >= 0.3 is 0 Å². The Hall–Kier alpha value is -2.33. The molecule has 0 bridgehead atoms. The maximum absolute atomic E-state index is 11.7. The molecule has 1 aliphatic rings. The van der Waals surface area contributed by atoms with E-state index >= 15 is 0 Å². The van der Waals surface area contributed by atoms with Gasteiger partial charge in [0.1, 0.15) is 12.4 Å². The summed E-state index contributed by atoms with van der Waals surface area (Å²) in [6.45, 7) is 0.541. The number of rotatable bonds is 5. The van der Waals surface area contributed by atoms with Crippen molar-refractivity contribution < 1.29 is 14.7 Å². The molecule has 2 aromatic rings. The molecule has 2 unspecified atom stereocenters. The Bertz CT molecular complexity index is 639. The van der Waals surface area contributed by atoms with Gasteiger partial charge in [-0.2, -0.15) is 0 Å². The Labute approximate surface area is 136 Å². The molecule has 2 aromatic carbocycles. The minimum Gasteiger partial charge on any atom is -0.489 e. The number of hydroxylamine groups is 1. The monoisotopic (exact) mass is 311 g/mol. The molecule has 0 aromatic heterocycles. The average molecular weight is 311 g/mol. The molecule has 0 aliphatic heterocycles. The summed E-state index contributed by atoms with van der Waals surface area (Å²) < 4.78 is 5.79. The molecule has 23 heavy (non-hydrogen) atoms. The summed E-state index contributed by atoms with van der Waals surface area (Å²) in [4.78, 5) is 11.7. The number of carbonyl (C=O) groups is 1. The van der Waals surface area contributed by atoms with Crippen LogP contribution in [0, 0.1) is 5.92 Å². The Morgan fingerprint density at radius 3 is 2.52 bits per heavy atom. The van der Waals surface area contributed by atoms with Crippen LogP contribution in [0.5, 0.6) is 5.75 Å². The van der Waals surface area contributed by atoms with Crippen molar-refractivity contribution in [1.82, 2.24) is 5.48 Å². The zero-order valence-corrected chi connectivity index (χ0v) is 12.9. The maximum Gasteiger partial charge on any atom is 0.247 e. The highest BCUT2D eigenvalue weighted by atomic mass is 16.5. The molecular weight excluding hydrogens is 290 g/mol. The molecule has 1 fully saturated rings. The summed E-state index contributed by atoms with van der Waals surface area (Å²) in [6, 6.07) is 18.0.